The van der Waals surface area contributed by atoms with Crippen LogP contribution in [0, 0.1) is 11.3 Å². The Bertz CT molecular complexity index is 500. The molecule has 7 heteroatoms. The number of rotatable bonds is 3. The maximum atomic E-state index is 11.7. The van der Waals surface area contributed by atoms with Crippen LogP contribution >= 0.6 is 0 Å². The number of nitrogens with one attached hydrogen (secondary N) is 1. The van der Waals surface area contributed by atoms with Gasteiger partial charge in [0.2, 0.25) is 0 Å². The van der Waals surface area contributed by atoms with Gasteiger partial charge in [-0.05, 0) is 26.2 Å². The summed E-state index contributed by atoms with van der Waals surface area (Å²) < 4.78 is 10.8. The van der Waals surface area contributed by atoms with Crippen LogP contribution in [0.3, 0.4) is 0 Å². The summed E-state index contributed by atoms with van der Waals surface area (Å²) >= 11 is 0. The summed E-state index contributed by atoms with van der Waals surface area (Å²) in [6.07, 6.45) is 2.90. The van der Waals surface area contributed by atoms with Crippen molar-refractivity contribution in [3.8, 4) is 0 Å². The Morgan fingerprint density at radius 3 is 2.75 bits per heavy atom. The Morgan fingerprint density at radius 1 is 1.38 bits per heavy atom. The smallest absolute Gasteiger partial charge is 0.409 e. The molecular formula is C17H30N4O3. The van der Waals surface area contributed by atoms with Crippen LogP contribution in [0.2, 0.25) is 0 Å². The minimum atomic E-state index is -0.221. The molecule has 0 aromatic rings. The third kappa shape index (κ3) is 3.18. The zero-order valence-corrected chi connectivity index (χ0v) is 15.0. The number of hydrogen-bond donors (Lipinski definition) is 2. The van der Waals surface area contributed by atoms with E-state index in [-0.39, 0.29) is 23.6 Å². The number of hydrogen-bond acceptors (Lipinski definition) is 4. The second-order valence-corrected chi connectivity index (χ2v) is 7.63. The summed E-state index contributed by atoms with van der Waals surface area (Å²) in [5, 5.41) is 3.34. The summed E-state index contributed by atoms with van der Waals surface area (Å²) in [7, 11) is 0. The molecule has 3 rings (SSSR count). The van der Waals surface area contributed by atoms with Gasteiger partial charge < -0.3 is 25.4 Å². The molecule has 7 nitrogen and oxygen atoms in total. The molecule has 0 radical (unpaired) electrons. The number of likely N-dealkylation sites (tertiary alicyclic amines) is 1. The van der Waals surface area contributed by atoms with Gasteiger partial charge in [0.15, 0.2) is 5.96 Å². The van der Waals surface area contributed by atoms with Crippen molar-refractivity contribution in [1.29, 1.82) is 0 Å². The number of guanidine groups is 1. The van der Waals surface area contributed by atoms with E-state index in [0.717, 1.165) is 25.9 Å². The molecule has 24 heavy (non-hydrogen) atoms. The van der Waals surface area contributed by atoms with Gasteiger partial charge in [0.1, 0.15) is 0 Å². The molecule has 3 atom stereocenters. The molecule has 3 unspecified atom stereocenters. The number of piperidine rings is 1. The lowest BCUT2D eigenvalue weighted by Gasteiger charge is -2.52. The molecule has 1 saturated carbocycles. The molecule has 2 heterocycles. The van der Waals surface area contributed by atoms with E-state index in [1.54, 1.807) is 4.90 Å². The predicted octanol–water partition coefficient (Wildman–Crippen LogP) is 1.33. The first-order valence-electron chi connectivity index (χ1n) is 9.06. The third-order valence-electron chi connectivity index (χ3n) is 5.69. The monoisotopic (exact) mass is 338 g/mol. The van der Waals surface area contributed by atoms with Crippen molar-refractivity contribution < 1.29 is 14.3 Å². The topological polar surface area (TPSA) is 89.2 Å². The highest BCUT2D eigenvalue weighted by Crippen LogP contribution is 2.53. The quantitative estimate of drug-likeness (QED) is 0.598. The van der Waals surface area contributed by atoms with Gasteiger partial charge in [-0.15, -0.1) is 0 Å². The van der Waals surface area contributed by atoms with E-state index in [0.29, 0.717) is 37.7 Å². The molecule has 1 amide bonds. The van der Waals surface area contributed by atoms with Gasteiger partial charge in [0.25, 0.3) is 0 Å². The number of carbonyl (C=O) groups is 1. The molecule has 3 aliphatic rings. The molecule has 0 aromatic carbocycles. The van der Waals surface area contributed by atoms with Gasteiger partial charge in [-0.3, -0.25) is 0 Å². The lowest BCUT2D eigenvalue weighted by molar-refractivity contribution is -0.0986. The van der Waals surface area contributed by atoms with Crippen LogP contribution in [-0.2, 0) is 9.47 Å². The number of carbonyl (C=O) groups excluding carboxylic acids is 1. The predicted molar refractivity (Wildman–Crippen MR) is 91.8 cm³/mol. The van der Waals surface area contributed by atoms with Crippen molar-refractivity contribution in [2.45, 2.75) is 58.2 Å². The van der Waals surface area contributed by atoms with Gasteiger partial charge in [0, 0.05) is 37.1 Å². The van der Waals surface area contributed by atoms with Crippen LogP contribution in [0.4, 0.5) is 4.79 Å². The van der Waals surface area contributed by atoms with Crippen LogP contribution in [0.15, 0.2) is 4.99 Å². The van der Waals surface area contributed by atoms with Gasteiger partial charge in [-0.2, -0.15) is 0 Å². The molecule has 0 bridgehead atoms. The Kier molecular flexibility index (Phi) is 4.90. The van der Waals surface area contributed by atoms with E-state index in [4.69, 9.17) is 20.2 Å². The van der Waals surface area contributed by atoms with Crippen LogP contribution in [0.1, 0.15) is 40.0 Å². The van der Waals surface area contributed by atoms with Gasteiger partial charge >= 0.3 is 6.09 Å². The Morgan fingerprint density at radius 2 is 2.08 bits per heavy atom. The number of nitrogens with zero attached hydrogens (tertiary/aromatic N) is 2. The molecule has 136 valence electrons. The van der Waals surface area contributed by atoms with E-state index >= 15 is 0 Å². The standard InChI is InChI=1S/C17H30N4O3/c1-4-23-16(22)21-8-5-11(6-9-21)19-15(18)20-13-12-7-10-24-14(12)17(13,2)3/h11-14H,4-10H2,1-3H3,(H3,18,19,20). The molecule has 2 saturated heterocycles. The number of fused-ring (bicyclic) bond motifs is 1. The molecular weight excluding hydrogens is 308 g/mol. The third-order valence-corrected chi connectivity index (χ3v) is 5.69. The highest BCUT2D eigenvalue weighted by molar-refractivity contribution is 5.78. The van der Waals surface area contributed by atoms with Crippen molar-refractivity contribution in [1.82, 2.24) is 10.2 Å². The Labute approximate surface area is 143 Å². The fourth-order valence-corrected chi connectivity index (χ4v) is 4.38. The second kappa shape index (κ2) is 6.78. The first-order chi connectivity index (χ1) is 11.4. The number of ether oxygens (including phenoxy) is 2. The van der Waals surface area contributed by atoms with E-state index in [9.17, 15) is 4.79 Å². The number of amides is 1. The van der Waals surface area contributed by atoms with Gasteiger partial charge in [-0.25, -0.2) is 9.79 Å². The average Bonchev–Trinajstić information content (AvgIpc) is 3.01. The maximum absolute atomic E-state index is 11.7. The second-order valence-electron chi connectivity index (χ2n) is 7.63. The zero-order valence-electron chi connectivity index (χ0n) is 15.0. The van der Waals surface area contributed by atoms with Crippen molar-refractivity contribution in [3.05, 3.63) is 0 Å². The SMILES string of the molecule is CCOC(=O)N1CCC(NC(N)=NC2C3CCOC3C2(C)C)CC1. The van der Waals surface area contributed by atoms with Crippen LogP contribution in [-0.4, -0.2) is 61.4 Å². The first kappa shape index (κ1) is 17.3. The van der Waals surface area contributed by atoms with E-state index in [1.807, 2.05) is 6.92 Å². The van der Waals surface area contributed by atoms with Gasteiger partial charge in [-0.1, -0.05) is 13.8 Å². The van der Waals surface area contributed by atoms with Crippen molar-refractivity contribution >= 4 is 12.1 Å². The Balaban J connectivity index is 1.49. The van der Waals surface area contributed by atoms with E-state index in [1.165, 1.54) is 0 Å². The molecule has 3 fully saturated rings. The van der Waals surface area contributed by atoms with E-state index in [2.05, 4.69) is 19.2 Å². The Hall–Kier alpha value is -1.50. The van der Waals surface area contributed by atoms with Crippen molar-refractivity contribution in [2.75, 3.05) is 26.3 Å². The van der Waals surface area contributed by atoms with Crippen LogP contribution in [0.5, 0.6) is 0 Å². The molecule has 0 aromatic heterocycles. The molecule has 3 N–H and O–H groups in total. The number of nitrogens with two attached hydrogens (primary N) is 1. The highest BCUT2D eigenvalue weighted by Gasteiger charge is 2.59. The normalized spacial score (nSPS) is 32.9. The van der Waals surface area contributed by atoms with Crippen molar-refractivity contribution in [2.24, 2.45) is 22.1 Å². The zero-order chi connectivity index (χ0) is 17.3. The largest absolute Gasteiger partial charge is 0.450 e. The summed E-state index contributed by atoms with van der Waals surface area (Å²) in [6, 6.07) is 0.496. The lowest BCUT2D eigenvalue weighted by Crippen LogP contribution is -2.60. The summed E-state index contributed by atoms with van der Waals surface area (Å²) in [5.41, 5.74) is 6.21. The van der Waals surface area contributed by atoms with Crippen LogP contribution < -0.4 is 11.1 Å². The molecule has 2 aliphatic heterocycles. The van der Waals surface area contributed by atoms with Crippen LogP contribution in [0.25, 0.3) is 0 Å². The summed E-state index contributed by atoms with van der Waals surface area (Å²) in [6.45, 7) is 8.88. The first-order valence-corrected chi connectivity index (χ1v) is 9.06. The summed E-state index contributed by atoms with van der Waals surface area (Å²) in [4.78, 5) is 18.2. The van der Waals surface area contributed by atoms with E-state index < -0.39 is 0 Å². The average molecular weight is 338 g/mol. The maximum Gasteiger partial charge on any atom is 0.409 e. The minimum absolute atomic E-state index is 0.0563. The fraction of sp³-hybridized carbons (Fsp3) is 0.882. The fourth-order valence-electron chi connectivity index (χ4n) is 4.38. The van der Waals surface area contributed by atoms with Crippen molar-refractivity contribution in [3.63, 3.8) is 0 Å². The lowest BCUT2D eigenvalue weighted by atomic mass is 9.57. The molecule has 0 spiro atoms. The minimum Gasteiger partial charge on any atom is -0.450 e. The molecule has 1 aliphatic carbocycles. The van der Waals surface area contributed by atoms with Gasteiger partial charge in [0.05, 0.1) is 18.8 Å². The number of aliphatic imine (C=N–C) groups is 1. The summed E-state index contributed by atoms with van der Waals surface area (Å²) in [5.74, 6) is 1.03. The highest BCUT2D eigenvalue weighted by atomic mass is 16.6.